The van der Waals surface area contributed by atoms with Crippen molar-refractivity contribution < 1.29 is 56.2 Å². The van der Waals surface area contributed by atoms with Crippen LogP contribution >= 0.6 is 0 Å². The molecule has 40 N–H and O–H groups in total. The predicted octanol–water partition coefficient (Wildman–Crippen LogP) is -13.3. The summed E-state index contributed by atoms with van der Waals surface area (Å²) in [7, 11) is -1.98. The third-order valence-corrected chi connectivity index (χ3v) is 6.30. The second kappa shape index (κ2) is 61.6. The van der Waals surface area contributed by atoms with Crippen LogP contribution in [-0.4, -0.2) is 108 Å². The maximum Gasteiger partial charge on any atom is 0.333 e. The Morgan fingerprint density at radius 3 is 1.18 bits per heavy atom. The second-order valence-corrected chi connectivity index (χ2v) is 9.60. The minimum atomic E-state index is -5.04. The molecule has 0 radical (unpaired) electrons. The fraction of sp³-hybridized carbons (Fsp3) is 0.500. The van der Waals surface area contributed by atoms with Crippen molar-refractivity contribution in [3.63, 3.8) is 0 Å². The highest BCUT2D eigenvalue weighted by Crippen LogP contribution is 2.20. The van der Waals surface area contributed by atoms with Crippen LogP contribution in [0.1, 0.15) is 46.0 Å². The zero-order valence-electron chi connectivity index (χ0n) is 34.5. The average molecular weight is 920 g/mol. The lowest BCUT2D eigenvalue weighted by molar-refractivity contribution is -0.197. The molecule has 0 aromatic carbocycles. The minimum absolute atomic E-state index is 0.0114. The van der Waals surface area contributed by atoms with Crippen LogP contribution in [0.2, 0.25) is 0 Å². The lowest BCUT2D eigenvalue weighted by Crippen LogP contribution is -2.37. The molecule has 1 atom stereocenters. The molecule has 7 amide bonds. The van der Waals surface area contributed by atoms with Gasteiger partial charge < -0.3 is 20.4 Å². The summed E-state index contributed by atoms with van der Waals surface area (Å²) in [5, 5.41) is 0.317. The molecule has 0 aliphatic carbocycles. The van der Waals surface area contributed by atoms with E-state index in [2.05, 4.69) is 121 Å². The fourth-order valence-electron chi connectivity index (χ4n) is 3.26. The number of amides is 7. The largest absolute Gasteiger partial charge is 0.747 e. The van der Waals surface area contributed by atoms with E-state index in [4.69, 9.17) is 0 Å². The van der Waals surface area contributed by atoms with Crippen molar-refractivity contribution in [1.82, 2.24) is 25.7 Å². The topological polar surface area (TPSA) is 731 Å². The first-order chi connectivity index (χ1) is 29.2. The van der Waals surface area contributed by atoms with Gasteiger partial charge in [0.15, 0.2) is 0 Å². The van der Waals surface area contributed by atoms with Crippen molar-refractivity contribution in [2.75, 3.05) is 27.2 Å². The highest BCUT2D eigenvalue weighted by atomic mass is 32.2. The van der Waals surface area contributed by atoms with Gasteiger partial charge in [-0.25, -0.2) is 13.2 Å². The average Bonchev–Trinajstić information content (AvgIpc) is 3.92. The smallest absolute Gasteiger partial charge is 0.333 e. The van der Waals surface area contributed by atoms with Crippen LogP contribution < -0.4 is 122 Å². The second-order valence-electron chi connectivity index (χ2n) is 8.05. The molecule has 37 heteroatoms. The van der Waals surface area contributed by atoms with Gasteiger partial charge in [0.05, 0.1) is 6.42 Å². The highest BCUT2D eigenvalue weighted by molar-refractivity contribution is 7.87. The van der Waals surface area contributed by atoms with Gasteiger partial charge in [-0.05, 0) is 19.9 Å². The molecule has 1 unspecified atom stereocenters. The van der Waals surface area contributed by atoms with Crippen LogP contribution in [-0.2, 0) is 53.3 Å². The Morgan fingerprint density at radius 1 is 0.656 bits per heavy atom. The van der Waals surface area contributed by atoms with Gasteiger partial charge in [0.25, 0.3) is 35.4 Å². The lowest BCUT2D eigenvalue weighted by Gasteiger charge is -2.16. The molecule has 0 aromatic heterocycles. The van der Waals surface area contributed by atoms with Gasteiger partial charge >= 0.3 is 5.97 Å². The summed E-state index contributed by atoms with van der Waals surface area (Å²) in [6.07, 6.45) is 4.23. The minimum Gasteiger partial charge on any atom is -0.747 e. The molecule has 36 nitrogen and oxygen atoms in total. The SMILES string of the molecule is CC.CN.CNC(=O)CCCN1C(=O)C=CC1=O.NN.NN.NN.NN.NN.NN.NN.NN.NNN.O=C(CCCN1C(=O)C=CC1=O)ON1C(=O)CC(S(=O)(=O)[O-])C1=O. The van der Waals surface area contributed by atoms with E-state index in [-0.39, 0.29) is 42.2 Å². The molecule has 3 aliphatic heterocycles. The summed E-state index contributed by atoms with van der Waals surface area (Å²) in [6.45, 7) is 4.23. The molecule has 1 saturated heterocycles. The van der Waals surface area contributed by atoms with Crippen LogP contribution in [0.15, 0.2) is 24.3 Å². The summed E-state index contributed by atoms with van der Waals surface area (Å²) >= 11 is 0. The van der Waals surface area contributed by atoms with Crippen molar-refractivity contribution in [3.05, 3.63) is 24.3 Å². The molecule has 3 aliphatic rings. The van der Waals surface area contributed by atoms with E-state index in [0.29, 0.717) is 19.4 Å². The standard InChI is InChI=1S/C12H12N2O9S.C9H12N2O3.C2H6.CH5N.H5N3.8H4N2/c15-8-3-4-9(16)13(8)5-1-2-11(18)23-14-10(17)6-7(12(14)19)24(20,21)22;1-10-7(12)3-2-6-11-8(13)4-5-9(11)14;2*1-2;1-3-2;8*1-2/h3-4,7H,1-2,5-6H2,(H,20,21,22);4-5H,2-3,6H2,1H3,(H,10,12);1-2H3;2H2,1H3;3H,1-2H2;8*1-2H2/p-1. The Balaban J connectivity index is -0.0000000751. The number of hydrazine groups is 10. The van der Waals surface area contributed by atoms with E-state index in [1.54, 1.807) is 12.6 Å². The van der Waals surface area contributed by atoms with Crippen LogP contribution in [0.4, 0.5) is 0 Å². The molecule has 3 rings (SSSR count). The van der Waals surface area contributed by atoms with Gasteiger partial charge in [0.1, 0.15) is 15.4 Å². The quantitative estimate of drug-likeness (QED) is 0.0419. The fourth-order valence-corrected chi connectivity index (χ4v) is 3.95. The van der Waals surface area contributed by atoms with Crippen molar-refractivity contribution in [2.45, 2.75) is 51.2 Å². The highest BCUT2D eigenvalue weighted by Gasteiger charge is 2.45. The van der Waals surface area contributed by atoms with Gasteiger partial charge in [-0.15, -0.1) is 5.06 Å². The molecule has 1 fully saturated rings. The monoisotopic (exact) mass is 920 g/mol. The number of hydrogen-bond acceptors (Lipinski definition) is 32. The molecular weight excluding hydrogens is 848 g/mol. The molecule has 366 valence electrons. The number of nitrogens with one attached hydrogen (secondary N) is 2. The van der Waals surface area contributed by atoms with E-state index in [1.165, 1.54) is 19.2 Å². The molecule has 61 heavy (non-hydrogen) atoms. The number of carbonyl (C=O) groups is 8. The van der Waals surface area contributed by atoms with Crippen LogP contribution in [0.25, 0.3) is 0 Å². The summed E-state index contributed by atoms with van der Waals surface area (Å²) in [5.74, 6) is 67.4. The number of nitrogens with zero attached hydrogens (tertiary/aromatic N) is 3. The molecule has 0 spiro atoms. The first-order valence-corrected chi connectivity index (χ1v) is 17.4. The van der Waals surface area contributed by atoms with Crippen LogP contribution in [0, 0.1) is 0 Å². The predicted molar refractivity (Wildman–Crippen MR) is 220 cm³/mol. The third kappa shape index (κ3) is 41.5. The normalized spacial score (nSPS) is 13.0. The molecule has 0 aromatic rings. The van der Waals surface area contributed by atoms with Crippen LogP contribution in [0.5, 0.6) is 0 Å². The summed E-state index contributed by atoms with van der Waals surface area (Å²) in [5.41, 5.74) is 6.25. The maximum atomic E-state index is 11.6. The number of hydrogen-bond donors (Lipinski definition) is 21. The first kappa shape index (κ1) is 80.0. The number of nitrogens with two attached hydrogens (primary N) is 19. The first-order valence-electron chi connectivity index (χ1n) is 15.9. The van der Waals surface area contributed by atoms with Gasteiger partial charge in [-0.1, -0.05) is 13.8 Å². The van der Waals surface area contributed by atoms with Crippen molar-refractivity contribution in [2.24, 2.45) is 111 Å². The van der Waals surface area contributed by atoms with Crippen molar-refractivity contribution in [1.29, 1.82) is 0 Å². The van der Waals surface area contributed by atoms with Gasteiger partial charge in [-0.2, -0.15) is 5.53 Å². The zero-order valence-corrected chi connectivity index (χ0v) is 35.3. The summed E-state index contributed by atoms with van der Waals surface area (Å²) < 4.78 is 32.5. The molecule has 3 heterocycles. The number of hydroxylamine groups is 2. The lowest BCUT2D eigenvalue weighted by atomic mass is 10.3. The molecular formula is C24H71N24O12S-. The van der Waals surface area contributed by atoms with E-state index >= 15 is 0 Å². The Hall–Kier alpha value is -5.05. The Labute approximate surface area is 352 Å². The third-order valence-electron chi connectivity index (χ3n) is 5.23. The molecule has 0 bridgehead atoms. The van der Waals surface area contributed by atoms with E-state index in [9.17, 15) is 51.3 Å². The van der Waals surface area contributed by atoms with Crippen molar-refractivity contribution >= 4 is 57.4 Å². The molecule has 0 saturated carbocycles. The number of imide groups is 3. The maximum absolute atomic E-state index is 11.6. The zero-order chi connectivity index (χ0) is 51.3. The van der Waals surface area contributed by atoms with Crippen LogP contribution in [0.3, 0.4) is 0 Å². The van der Waals surface area contributed by atoms with Gasteiger partial charge in [-0.3, -0.25) is 149 Å². The summed E-state index contributed by atoms with van der Waals surface area (Å²) in [6, 6.07) is 0. The Kier molecular flexibility index (Phi) is 80.8. The Morgan fingerprint density at radius 2 is 0.934 bits per heavy atom. The van der Waals surface area contributed by atoms with Gasteiger partial charge in [0, 0.05) is 57.3 Å². The number of rotatable bonds is 10. The van der Waals surface area contributed by atoms with E-state index in [1.807, 2.05) is 13.8 Å². The van der Waals surface area contributed by atoms with E-state index in [0.717, 1.165) is 22.0 Å². The van der Waals surface area contributed by atoms with E-state index < -0.39 is 51.4 Å². The Bertz CT molecular complexity index is 1240. The number of carbonyl (C=O) groups excluding carboxylic acids is 8. The van der Waals surface area contributed by atoms with Crippen molar-refractivity contribution in [3.8, 4) is 0 Å². The van der Waals surface area contributed by atoms with Gasteiger partial charge in [0.2, 0.25) is 5.91 Å². The summed E-state index contributed by atoms with van der Waals surface area (Å²) in [4.78, 5) is 96.6.